The number of piperidine rings is 1. The molecule has 3 N–H and O–H groups in total. The quantitative estimate of drug-likeness (QED) is 0.229. The summed E-state index contributed by atoms with van der Waals surface area (Å²) in [5, 5.41) is 3.61. The molecule has 306 valence electrons. The molecule has 1 unspecified atom stereocenters. The number of fused-ring (bicyclic) bond motifs is 2. The van der Waals surface area contributed by atoms with E-state index >= 15 is 0 Å². The van der Waals surface area contributed by atoms with Crippen LogP contribution >= 0.6 is 0 Å². The average Bonchev–Trinajstić information content (AvgIpc) is 4.00. The fraction of sp³-hybridized carbons (Fsp3) is 0.512. The number of nitrogens with two attached hydrogens (primary N) is 1. The molecule has 2 aromatic carbocycles. The van der Waals surface area contributed by atoms with Crippen molar-refractivity contribution in [1.29, 1.82) is 0 Å². The zero-order valence-corrected chi connectivity index (χ0v) is 33.5. The second kappa shape index (κ2) is 20.0. The Kier molecular flexibility index (Phi) is 14.7. The van der Waals surface area contributed by atoms with Crippen LogP contribution in [0.25, 0.3) is 22.2 Å². The summed E-state index contributed by atoms with van der Waals surface area (Å²) in [6, 6.07) is 15.4. The number of methoxy groups -OCH3 is 1. The molecule has 1 aliphatic carbocycles. The standard InChI is InChI=1S/C40H49N5O6.C3H6O2S/c1-50-29-18-19-31-34(23-29)42-33(27-14-9-6-10-15-27)25-36(31)51-30-24-35-39(48)43-32(38(41)47)17-11-5-3-2-4-8-16-28(40(49)45(35)26-30)22-37(46)44-20-12-7-13-21-44;4-6(5)3-1-2-3/h5-6,9-11,14-15,18-19,23,25,28,30,32,35H,2-4,7-8,12-13,16-17,20-22,24,26H2,1H3,(H2,41,47)(H,43,48);3H,1-2H2,(H,4,5)/p-1/b11-5-;/t28-,30-,32-,35+;/m1./s1. The molecule has 3 fully saturated rings. The Morgan fingerprint density at radius 3 is 2.40 bits per heavy atom. The van der Waals surface area contributed by atoms with Gasteiger partial charge in [0.1, 0.15) is 29.7 Å². The molecule has 2 saturated heterocycles. The van der Waals surface area contributed by atoms with Gasteiger partial charge in [-0.1, -0.05) is 66.4 Å². The number of ether oxygens (including phenoxy) is 2. The number of hydrogen-bond donors (Lipinski definition) is 2. The first-order chi connectivity index (χ1) is 27.6. The summed E-state index contributed by atoms with van der Waals surface area (Å²) in [5.41, 5.74) is 8.02. The maximum Gasteiger partial charge on any atom is 0.243 e. The predicted molar refractivity (Wildman–Crippen MR) is 217 cm³/mol. The highest BCUT2D eigenvalue weighted by molar-refractivity contribution is 7.80. The Hall–Kier alpha value is -4.82. The number of primary amides is 1. The zero-order valence-electron chi connectivity index (χ0n) is 32.6. The topological polar surface area (TPSA) is 184 Å². The summed E-state index contributed by atoms with van der Waals surface area (Å²) in [4.78, 5) is 62.8. The molecule has 4 aliphatic rings. The molecule has 1 saturated carbocycles. The molecule has 14 heteroatoms. The summed E-state index contributed by atoms with van der Waals surface area (Å²) in [5.74, 6) is -0.689. The van der Waals surface area contributed by atoms with Crippen LogP contribution in [0.3, 0.4) is 0 Å². The van der Waals surface area contributed by atoms with Crippen molar-refractivity contribution in [1.82, 2.24) is 20.1 Å². The van der Waals surface area contributed by atoms with Gasteiger partial charge in [-0.3, -0.25) is 23.4 Å². The van der Waals surface area contributed by atoms with Gasteiger partial charge in [0, 0.05) is 60.2 Å². The van der Waals surface area contributed by atoms with E-state index in [2.05, 4.69) is 5.32 Å². The third-order valence-electron chi connectivity index (χ3n) is 11.1. The number of allylic oxidation sites excluding steroid dienone is 1. The fourth-order valence-corrected chi connectivity index (χ4v) is 8.22. The van der Waals surface area contributed by atoms with Gasteiger partial charge >= 0.3 is 0 Å². The van der Waals surface area contributed by atoms with Crippen LogP contribution < -0.4 is 20.5 Å². The van der Waals surface area contributed by atoms with Gasteiger partial charge in [-0.05, 0) is 69.9 Å². The Bertz CT molecular complexity index is 1930. The number of likely N-dealkylation sites (tertiary alicyclic amines) is 1. The molecule has 0 radical (unpaired) electrons. The predicted octanol–water partition coefficient (Wildman–Crippen LogP) is 5.19. The van der Waals surface area contributed by atoms with Gasteiger partial charge in [-0.2, -0.15) is 0 Å². The molecule has 4 heterocycles. The van der Waals surface area contributed by atoms with E-state index in [4.69, 9.17) is 20.2 Å². The van der Waals surface area contributed by atoms with E-state index in [-0.39, 0.29) is 42.9 Å². The Labute approximate surface area is 337 Å². The molecule has 5 atom stereocenters. The lowest BCUT2D eigenvalue weighted by Crippen LogP contribution is -2.53. The SMILES string of the molecule is COc1ccc2c(O[C@@H]3C[C@H]4C(=O)N[C@@H](C(N)=O)C/C=C\CCCCC[C@H](CC(=O)N5CCCCC5)C(=O)N4C3)cc(-c3ccccc3)nc2c1.O=S([O-])C1CC1. The minimum absolute atomic E-state index is 0.0113. The number of amides is 4. The van der Waals surface area contributed by atoms with Gasteiger partial charge in [0.15, 0.2) is 0 Å². The lowest BCUT2D eigenvalue weighted by molar-refractivity contribution is -0.145. The van der Waals surface area contributed by atoms with E-state index in [0.29, 0.717) is 42.2 Å². The van der Waals surface area contributed by atoms with E-state index in [9.17, 15) is 27.9 Å². The summed E-state index contributed by atoms with van der Waals surface area (Å²) in [6.07, 6.45) is 12.7. The Balaban J connectivity index is 0.000000837. The van der Waals surface area contributed by atoms with Gasteiger partial charge in [0.2, 0.25) is 23.6 Å². The molecule has 1 aromatic heterocycles. The molecule has 7 rings (SSSR count). The first-order valence-corrected chi connectivity index (χ1v) is 21.4. The van der Waals surface area contributed by atoms with Gasteiger partial charge in [-0.15, -0.1) is 0 Å². The molecular formula is C43H54N5O8S-. The Morgan fingerprint density at radius 1 is 0.965 bits per heavy atom. The van der Waals surface area contributed by atoms with Crippen molar-refractivity contribution >= 4 is 45.6 Å². The third-order valence-corrected chi connectivity index (χ3v) is 12.1. The van der Waals surface area contributed by atoms with Gasteiger partial charge in [0.25, 0.3) is 0 Å². The Morgan fingerprint density at radius 2 is 1.72 bits per heavy atom. The van der Waals surface area contributed by atoms with Crippen LogP contribution in [-0.2, 0) is 30.3 Å². The molecular weight excluding hydrogens is 747 g/mol. The summed E-state index contributed by atoms with van der Waals surface area (Å²) in [7, 11) is 1.60. The smallest absolute Gasteiger partial charge is 0.243 e. The van der Waals surface area contributed by atoms with Crippen molar-refractivity contribution < 1.29 is 37.4 Å². The molecule has 13 nitrogen and oxygen atoms in total. The summed E-state index contributed by atoms with van der Waals surface area (Å²) < 4.78 is 31.7. The van der Waals surface area contributed by atoms with Gasteiger partial charge < -0.3 is 34.9 Å². The highest BCUT2D eigenvalue weighted by Gasteiger charge is 2.44. The number of carbonyl (C=O) groups is 4. The van der Waals surface area contributed by atoms with Crippen LogP contribution in [-0.4, -0.2) is 97.4 Å². The van der Waals surface area contributed by atoms with Crippen molar-refractivity contribution in [2.24, 2.45) is 11.7 Å². The van der Waals surface area contributed by atoms with Crippen LogP contribution in [0.1, 0.15) is 83.5 Å². The van der Waals surface area contributed by atoms with Crippen molar-refractivity contribution in [2.75, 3.05) is 26.7 Å². The van der Waals surface area contributed by atoms with Crippen LogP contribution in [0.4, 0.5) is 0 Å². The van der Waals surface area contributed by atoms with Crippen LogP contribution in [0.15, 0.2) is 66.7 Å². The lowest BCUT2D eigenvalue weighted by atomic mass is 9.94. The van der Waals surface area contributed by atoms with Crippen molar-refractivity contribution in [3.8, 4) is 22.8 Å². The second-order valence-corrected chi connectivity index (χ2v) is 16.5. The first kappa shape index (κ1) is 41.8. The summed E-state index contributed by atoms with van der Waals surface area (Å²) >= 11 is -1.76. The van der Waals surface area contributed by atoms with E-state index in [1.165, 1.54) is 0 Å². The minimum atomic E-state index is -1.76. The first-order valence-electron chi connectivity index (χ1n) is 20.2. The van der Waals surface area contributed by atoms with Gasteiger partial charge in [-0.25, -0.2) is 4.98 Å². The maximum absolute atomic E-state index is 14.6. The van der Waals surface area contributed by atoms with Gasteiger partial charge in [0.05, 0.1) is 24.9 Å². The lowest BCUT2D eigenvalue weighted by Gasteiger charge is -2.31. The number of rotatable bonds is 8. The van der Waals surface area contributed by atoms with Crippen molar-refractivity contribution in [2.45, 2.75) is 107 Å². The zero-order chi connectivity index (χ0) is 40.3. The minimum Gasteiger partial charge on any atom is -0.772 e. The van der Waals surface area contributed by atoms with Crippen molar-refractivity contribution in [3.05, 3.63) is 66.7 Å². The van der Waals surface area contributed by atoms with E-state index in [0.717, 1.165) is 68.7 Å². The third kappa shape index (κ3) is 11.4. The monoisotopic (exact) mass is 800 g/mol. The number of hydrogen-bond acceptors (Lipinski definition) is 9. The number of pyridine rings is 1. The average molecular weight is 801 g/mol. The highest BCUT2D eigenvalue weighted by atomic mass is 32.2. The van der Waals surface area contributed by atoms with Crippen LogP contribution in [0.5, 0.6) is 11.5 Å². The van der Waals surface area contributed by atoms with E-state index in [1.807, 2.05) is 71.6 Å². The van der Waals surface area contributed by atoms with Crippen LogP contribution in [0, 0.1) is 5.92 Å². The van der Waals surface area contributed by atoms with Crippen LogP contribution in [0.2, 0.25) is 0 Å². The molecule has 4 amide bonds. The molecule has 3 aliphatic heterocycles. The van der Waals surface area contributed by atoms with E-state index < -0.39 is 47.0 Å². The number of aromatic nitrogens is 1. The molecule has 0 spiro atoms. The highest BCUT2D eigenvalue weighted by Crippen LogP contribution is 2.35. The number of nitrogens with zero attached hydrogens (tertiary/aromatic N) is 3. The largest absolute Gasteiger partial charge is 0.772 e. The number of benzene rings is 2. The normalized spacial score (nSPS) is 24.5. The van der Waals surface area contributed by atoms with Crippen molar-refractivity contribution in [3.63, 3.8) is 0 Å². The number of carbonyl (C=O) groups excluding carboxylic acids is 4. The summed E-state index contributed by atoms with van der Waals surface area (Å²) in [6.45, 7) is 1.57. The fourth-order valence-electron chi connectivity index (χ4n) is 7.70. The second-order valence-electron chi connectivity index (χ2n) is 15.3. The molecule has 0 bridgehead atoms. The molecule has 3 aromatic rings. The van der Waals surface area contributed by atoms with E-state index in [1.54, 1.807) is 12.0 Å². The number of nitrogens with one attached hydrogen (secondary N) is 1. The molecule has 57 heavy (non-hydrogen) atoms. The maximum atomic E-state index is 14.6.